The molecule has 8 nitrogen and oxygen atoms in total. The fourth-order valence-corrected chi connectivity index (χ4v) is 8.18. The minimum absolute atomic E-state index is 0.0598. The van der Waals surface area contributed by atoms with E-state index in [0.717, 1.165) is 9.87 Å². The maximum atomic E-state index is 13.6. The average molecular weight is 699 g/mol. The molecule has 0 spiro atoms. The third-order valence-electron chi connectivity index (χ3n) is 6.76. The van der Waals surface area contributed by atoms with E-state index in [-0.39, 0.29) is 27.9 Å². The molecular formula is C29H23Cl4N3O5S2. The Hall–Kier alpha value is -2.83. The molecule has 1 heterocycles. The summed E-state index contributed by atoms with van der Waals surface area (Å²) >= 11 is 24.2. The van der Waals surface area contributed by atoms with Gasteiger partial charge in [-0.3, -0.25) is 9.10 Å². The standard InChI is InChI=1S/C29H23Cl4N3O5S2/c30-21-4-9-25(10-5-21)42(38,39)35(17-20-1-3-23(32)15-27(20)33)18-29(37)34-24-8-2-19-13-14-36(28(19)16-24)43(40,41)26-11-6-22(31)7-12-26/h1-12,15-16H,13-14,17-18H2,(H,34,37). The van der Waals surface area contributed by atoms with E-state index in [1.807, 2.05) is 0 Å². The largest absolute Gasteiger partial charge is 0.325 e. The second-order valence-corrected chi connectivity index (χ2v) is 15.2. The van der Waals surface area contributed by atoms with Crippen LogP contribution in [0.15, 0.2) is 94.7 Å². The van der Waals surface area contributed by atoms with Crippen LogP contribution in [0.2, 0.25) is 20.1 Å². The molecule has 14 heteroatoms. The molecule has 0 saturated carbocycles. The first-order valence-corrected chi connectivity index (χ1v) is 17.1. The first-order chi connectivity index (χ1) is 20.3. The Kier molecular flexibility index (Phi) is 9.29. The minimum atomic E-state index is -4.18. The molecule has 4 aromatic carbocycles. The molecule has 1 N–H and O–H groups in total. The smallest absolute Gasteiger partial charge is 0.264 e. The molecule has 4 aromatic rings. The van der Waals surface area contributed by atoms with Crippen LogP contribution in [0.5, 0.6) is 0 Å². The van der Waals surface area contributed by atoms with Crippen molar-refractivity contribution in [3.63, 3.8) is 0 Å². The van der Waals surface area contributed by atoms with Crippen LogP contribution in [0.4, 0.5) is 11.4 Å². The van der Waals surface area contributed by atoms with Gasteiger partial charge in [0.05, 0.1) is 22.0 Å². The van der Waals surface area contributed by atoms with Gasteiger partial charge in [0.1, 0.15) is 0 Å². The average Bonchev–Trinajstić information content (AvgIpc) is 3.39. The Morgan fingerprint density at radius 3 is 2.00 bits per heavy atom. The molecule has 0 fully saturated rings. The van der Waals surface area contributed by atoms with Gasteiger partial charge in [0.2, 0.25) is 15.9 Å². The third kappa shape index (κ3) is 6.96. The van der Waals surface area contributed by atoms with E-state index in [2.05, 4.69) is 5.32 Å². The quantitative estimate of drug-likeness (QED) is 0.205. The number of amides is 1. The highest BCUT2D eigenvalue weighted by Crippen LogP contribution is 2.35. The Bertz CT molecular complexity index is 1900. The molecule has 0 unspecified atom stereocenters. The van der Waals surface area contributed by atoms with E-state index in [1.165, 1.54) is 58.9 Å². The summed E-state index contributed by atoms with van der Waals surface area (Å²) in [6, 6.07) is 21.0. The second-order valence-electron chi connectivity index (χ2n) is 9.64. The zero-order valence-electron chi connectivity index (χ0n) is 22.2. The maximum Gasteiger partial charge on any atom is 0.264 e. The van der Waals surface area contributed by atoms with Crippen LogP contribution in [0.1, 0.15) is 11.1 Å². The number of benzene rings is 4. The Morgan fingerprint density at radius 1 is 0.767 bits per heavy atom. The fraction of sp³-hybridized carbons (Fsp3) is 0.138. The lowest BCUT2D eigenvalue weighted by Gasteiger charge is -2.23. The number of anilines is 2. The molecule has 5 rings (SSSR count). The van der Waals surface area contributed by atoms with Gasteiger partial charge in [-0.05, 0) is 90.3 Å². The van der Waals surface area contributed by atoms with Crippen LogP contribution in [-0.4, -0.2) is 40.1 Å². The highest BCUT2D eigenvalue weighted by molar-refractivity contribution is 7.92. The van der Waals surface area contributed by atoms with Crippen LogP contribution < -0.4 is 9.62 Å². The summed E-state index contributed by atoms with van der Waals surface area (Å²) in [5, 5.41) is 4.09. The molecule has 0 aromatic heterocycles. The number of fused-ring (bicyclic) bond motifs is 1. The summed E-state index contributed by atoms with van der Waals surface area (Å²) in [6.45, 7) is -0.549. The van der Waals surface area contributed by atoms with Crippen molar-refractivity contribution in [2.45, 2.75) is 22.8 Å². The Balaban J connectivity index is 1.40. The van der Waals surface area contributed by atoms with Gasteiger partial charge in [-0.2, -0.15) is 4.31 Å². The van der Waals surface area contributed by atoms with Crippen molar-refractivity contribution in [2.75, 3.05) is 22.7 Å². The molecular weight excluding hydrogens is 676 g/mol. The summed E-state index contributed by atoms with van der Waals surface area (Å²) in [7, 11) is -8.06. The number of hydrogen-bond acceptors (Lipinski definition) is 5. The van der Waals surface area contributed by atoms with E-state index in [4.69, 9.17) is 46.4 Å². The van der Waals surface area contributed by atoms with Crippen molar-refractivity contribution in [3.8, 4) is 0 Å². The lowest BCUT2D eigenvalue weighted by molar-refractivity contribution is -0.116. The number of rotatable bonds is 9. The van der Waals surface area contributed by atoms with E-state index < -0.39 is 32.5 Å². The van der Waals surface area contributed by atoms with Gasteiger partial charge in [-0.1, -0.05) is 58.5 Å². The molecule has 1 aliphatic rings. The predicted molar refractivity (Wildman–Crippen MR) is 170 cm³/mol. The summed E-state index contributed by atoms with van der Waals surface area (Å²) in [6.07, 6.45) is 0.491. The molecule has 0 bridgehead atoms. The van der Waals surface area contributed by atoms with E-state index >= 15 is 0 Å². The molecule has 1 amide bonds. The summed E-state index contributed by atoms with van der Waals surface area (Å²) in [5.41, 5.74) is 1.96. The molecule has 0 saturated heterocycles. The van der Waals surface area contributed by atoms with Crippen LogP contribution in [0, 0.1) is 0 Å². The van der Waals surface area contributed by atoms with Crippen molar-refractivity contribution in [1.82, 2.24) is 4.31 Å². The maximum absolute atomic E-state index is 13.6. The third-order valence-corrected chi connectivity index (χ3v) is 11.5. The Labute approximate surface area is 269 Å². The normalized spacial score (nSPS) is 13.3. The molecule has 43 heavy (non-hydrogen) atoms. The van der Waals surface area contributed by atoms with Crippen molar-refractivity contribution in [1.29, 1.82) is 0 Å². The Morgan fingerprint density at radius 2 is 1.37 bits per heavy atom. The van der Waals surface area contributed by atoms with Crippen molar-refractivity contribution in [2.24, 2.45) is 0 Å². The minimum Gasteiger partial charge on any atom is -0.325 e. The lowest BCUT2D eigenvalue weighted by Crippen LogP contribution is -2.37. The van der Waals surface area contributed by atoms with Crippen LogP contribution in [0.25, 0.3) is 0 Å². The number of carbonyl (C=O) groups excluding carboxylic acids is 1. The number of carbonyl (C=O) groups is 1. The van der Waals surface area contributed by atoms with Gasteiger partial charge in [0.25, 0.3) is 10.0 Å². The van der Waals surface area contributed by atoms with Gasteiger partial charge in [-0.25, -0.2) is 16.8 Å². The summed E-state index contributed by atoms with van der Waals surface area (Å²) in [5.74, 6) is -0.646. The first-order valence-electron chi connectivity index (χ1n) is 12.8. The topological polar surface area (TPSA) is 104 Å². The fourth-order valence-electron chi connectivity index (χ4n) is 4.59. The zero-order valence-corrected chi connectivity index (χ0v) is 26.8. The van der Waals surface area contributed by atoms with Crippen molar-refractivity contribution in [3.05, 3.63) is 116 Å². The van der Waals surface area contributed by atoms with Gasteiger partial charge < -0.3 is 5.32 Å². The van der Waals surface area contributed by atoms with Gasteiger partial charge >= 0.3 is 0 Å². The van der Waals surface area contributed by atoms with Crippen molar-refractivity contribution < 1.29 is 21.6 Å². The zero-order chi connectivity index (χ0) is 30.9. The van der Waals surface area contributed by atoms with Gasteiger partial charge in [0.15, 0.2) is 0 Å². The molecule has 0 aliphatic carbocycles. The number of nitrogens with zero attached hydrogens (tertiary/aromatic N) is 2. The molecule has 0 radical (unpaired) electrons. The summed E-state index contributed by atoms with van der Waals surface area (Å²) < 4.78 is 56.3. The molecule has 224 valence electrons. The highest BCUT2D eigenvalue weighted by atomic mass is 35.5. The van der Waals surface area contributed by atoms with Crippen LogP contribution in [-0.2, 0) is 37.8 Å². The van der Waals surface area contributed by atoms with Crippen LogP contribution in [0.3, 0.4) is 0 Å². The summed E-state index contributed by atoms with van der Waals surface area (Å²) in [4.78, 5) is 13.3. The predicted octanol–water partition coefficient (Wildman–Crippen LogP) is 6.88. The number of hydrogen-bond donors (Lipinski definition) is 1. The van der Waals surface area contributed by atoms with Gasteiger partial charge in [0, 0.05) is 38.9 Å². The SMILES string of the molecule is O=C(CN(Cc1ccc(Cl)cc1Cl)S(=O)(=O)c1ccc(Cl)cc1)Nc1ccc2c(c1)N(S(=O)(=O)c1ccc(Cl)cc1)CC2. The first kappa shape index (κ1) is 31.6. The molecule has 0 atom stereocenters. The van der Waals surface area contributed by atoms with Gasteiger partial charge in [-0.15, -0.1) is 0 Å². The van der Waals surface area contributed by atoms with E-state index in [0.29, 0.717) is 38.4 Å². The monoisotopic (exact) mass is 697 g/mol. The van der Waals surface area contributed by atoms with E-state index in [9.17, 15) is 21.6 Å². The lowest BCUT2D eigenvalue weighted by atomic mass is 10.1. The number of nitrogens with one attached hydrogen (secondary N) is 1. The van der Waals surface area contributed by atoms with Crippen molar-refractivity contribution >= 4 is 83.7 Å². The number of halogens is 4. The van der Waals surface area contributed by atoms with Crippen LogP contribution >= 0.6 is 46.4 Å². The second kappa shape index (κ2) is 12.6. The van der Waals surface area contributed by atoms with E-state index in [1.54, 1.807) is 30.3 Å². The molecule has 1 aliphatic heterocycles. The number of sulfonamides is 2. The highest BCUT2D eigenvalue weighted by Gasteiger charge is 2.32.